The Balaban J connectivity index is 2.41. The Hall–Kier alpha value is -2.48. The highest BCUT2D eigenvalue weighted by Gasteiger charge is 2.20. The molecule has 0 aliphatic carbocycles. The lowest BCUT2D eigenvalue weighted by atomic mass is 10.1. The van der Waals surface area contributed by atoms with Crippen LogP contribution in [0.15, 0.2) is 24.4 Å². The van der Waals surface area contributed by atoms with E-state index in [9.17, 15) is 14.9 Å². The lowest BCUT2D eigenvalue weighted by molar-refractivity contribution is -0.384. The van der Waals surface area contributed by atoms with Crippen molar-refractivity contribution < 1.29 is 9.72 Å². The molecular weight excluding hydrogens is 316 g/mol. The number of rotatable bonds is 6. The normalized spacial score (nSPS) is 10.4. The van der Waals surface area contributed by atoms with Crippen molar-refractivity contribution in [1.29, 1.82) is 0 Å². The first-order valence-corrected chi connectivity index (χ1v) is 8.05. The topological polar surface area (TPSA) is 88.4 Å². The standard InChI is InChI=1S/C15H18N4O3S/c1-4-18(5-2)13-7-6-11(19(21)22)8-12(13)14(20)17-15-16-9-10(3)23-15/h6-9H,4-5H2,1-3H3,(H,16,17,20). The number of carbonyl (C=O) groups is 1. The maximum atomic E-state index is 12.6. The number of nitrogens with zero attached hydrogens (tertiary/aromatic N) is 3. The molecule has 0 atom stereocenters. The zero-order valence-corrected chi connectivity index (χ0v) is 14.0. The first-order chi connectivity index (χ1) is 11.0. The number of aromatic nitrogens is 1. The number of carbonyl (C=O) groups excluding carboxylic acids is 1. The summed E-state index contributed by atoms with van der Waals surface area (Å²) in [6, 6.07) is 4.34. The van der Waals surface area contributed by atoms with Crippen LogP contribution in [-0.2, 0) is 0 Å². The molecule has 0 aliphatic rings. The molecule has 0 fully saturated rings. The van der Waals surface area contributed by atoms with Gasteiger partial charge in [0, 0.05) is 36.3 Å². The summed E-state index contributed by atoms with van der Waals surface area (Å²) >= 11 is 1.36. The van der Waals surface area contributed by atoms with Gasteiger partial charge in [0.25, 0.3) is 11.6 Å². The van der Waals surface area contributed by atoms with E-state index in [0.717, 1.165) is 4.88 Å². The molecule has 1 amide bonds. The number of non-ortho nitro benzene ring substituents is 1. The molecule has 0 saturated heterocycles. The van der Waals surface area contributed by atoms with Gasteiger partial charge >= 0.3 is 0 Å². The smallest absolute Gasteiger partial charge is 0.270 e. The van der Waals surface area contributed by atoms with Crippen LogP contribution in [0.2, 0.25) is 0 Å². The molecule has 0 unspecified atom stereocenters. The second-order valence-corrected chi connectivity index (χ2v) is 6.10. The van der Waals surface area contributed by atoms with E-state index in [2.05, 4.69) is 10.3 Å². The zero-order chi connectivity index (χ0) is 17.0. The first kappa shape index (κ1) is 16.9. The molecule has 2 rings (SSSR count). The molecule has 0 radical (unpaired) electrons. The van der Waals surface area contributed by atoms with Crippen LogP contribution in [0.4, 0.5) is 16.5 Å². The predicted octanol–water partition coefficient (Wildman–Crippen LogP) is 3.46. The second-order valence-electron chi connectivity index (χ2n) is 4.86. The van der Waals surface area contributed by atoms with Crippen LogP contribution in [0.5, 0.6) is 0 Å². The van der Waals surface area contributed by atoms with Gasteiger partial charge < -0.3 is 4.90 Å². The van der Waals surface area contributed by atoms with Gasteiger partial charge in [0.1, 0.15) is 0 Å². The molecule has 0 aliphatic heterocycles. The van der Waals surface area contributed by atoms with E-state index >= 15 is 0 Å². The van der Waals surface area contributed by atoms with E-state index in [1.807, 2.05) is 25.7 Å². The molecule has 122 valence electrons. The van der Waals surface area contributed by atoms with Gasteiger partial charge in [-0.05, 0) is 26.8 Å². The summed E-state index contributed by atoms with van der Waals surface area (Å²) in [5.74, 6) is -0.398. The molecule has 2 aromatic rings. The highest BCUT2D eigenvalue weighted by atomic mass is 32.1. The molecule has 1 heterocycles. The van der Waals surface area contributed by atoms with Crippen LogP contribution in [0.1, 0.15) is 29.1 Å². The van der Waals surface area contributed by atoms with E-state index in [-0.39, 0.29) is 11.3 Å². The molecule has 7 nitrogen and oxygen atoms in total. The number of hydrogen-bond donors (Lipinski definition) is 1. The van der Waals surface area contributed by atoms with Crippen molar-refractivity contribution in [3.8, 4) is 0 Å². The van der Waals surface area contributed by atoms with Crippen molar-refractivity contribution >= 4 is 33.8 Å². The Kier molecular flexibility index (Phi) is 5.28. The highest BCUT2D eigenvalue weighted by molar-refractivity contribution is 7.15. The number of aryl methyl sites for hydroxylation is 1. The minimum absolute atomic E-state index is 0.110. The molecule has 0 saturated carbocycles. The van der Waals surface area contributed by atoms with Gasteiger partial charge in [-0.25, -0.2) is 4.98 Å². The van der Waals surface area contributed by atoms with Crippen molar-refractivity contribution in [2.75, 3.05) is 23.3 Å². The van der Waals surface area contributed by atoms with E-state index in [1.165, 1.54) is 23.5 Å². The monoisotopic (exact) mass is 334 g/mol. The van der Waals surface area contributed by atoms with Crippen LogP contribution in [0.3, 0.4) is 0 Å². The Morgan fingerprint density at radius 1 is 1.39 bits per heavy atom. The van der Waals surface area contributed by atoms with E-state index in [1.54, 1.807) is 12.3 Å². The molecule has 0 bridgehead atoms. The Bertz CT molecular complexity index is 725. The Morgan fingerprint density at radius 2 is 2.09 bits per heavy atom. The minimum Gasteiger partial charge on any atom is -0.371 e. The summed E-state index contributed by atoms with van der Waals surface area (Å²) in [5, 5.41) is 14.2. The average Bonchev–Trinajstić information content (AvgIpc) is 2.93. The summed E-state index contributed by atoms with van der Waals surface area (Å²) in [5.41, 5.74) is 0.837. The van der Waals surface area contributed by atoms with Crippen molar-refractivity contribution in [3.05, 3.63) is 45.0 Å². The van der Waals surface area contributed by atoms with Gasteiger partial charge in [-0.2, -0.15) is 0 Å². The SMILES string of the molecule is CCN(CC)c1ccc([N+](=O)[O-])cc1C(=O)Nc1ncc(C)s1. The van der Waals surface area contributed by atoms with Crippen molar-refractivity contribution in [2.24, 2.45) is 0 Å². The molecule has 1 N–H and O–H groups in total. The number of nitrogens with one attached hydrogen (secondary N) is 1. The van der Waals surface area contributed by atoms with E-state index in [0.29, 0.717) is 23.9 Å². The van der Waals surface area contributed by atoms with Gasteiger partial charge in [0.2, 0.25) is 0 Å². The minimum atomic E-state index is -0.504. The Morgan fingerprint density at radius 3 is 2.61 bits per heavy atom. The van der Waals surface area contributed by atoms with Gasteiger partial charge in [-0.3, -0.25) is 20.2 Å². The fourth-order valence-electron chi connectivity index (χ4n) is 2.24. The van der Waals surface area contributed by atoms with E-state index < -0.39 is 10.8 Å². The number of nitro benzene ring substituents is 1. The molecule has 1 aromatic carbocycles. The fraction of sp³-hybridized carbons (Fsp3) is 0.333. The third kappa shape index (κ3) is 3.84. The summed E-state index contributed by atoms with van der Waals surface area (Å²) in [6.45, 7) is 7.23. The van der Waals surface area contributed by atoms with Gasteiger partial charge in [-0.1, -0.05) is 0 Å². The lowest BCUT2D eigenvalue weighted by Gasteiger charge is -2.23. The van der Waals surface area contributed by atoms with Crippen molar-refractivity contribution in [3.63, 3.8) is 0 Å². The number of hydrogen-bond acceptors (Lipinski definition) is 6. The van der Waals surface area contributed by atoms with Crippen molar-refractivity contribution in [1.82, 2.24) is 4.98 Å². The first-order valence-electron chi connectivity index (χ1n) is 7.23. The maximum Gasteiger partial charge on any atom is 0.270 e. The van der Waals surface area contributed by atoms with Crippen molar-refractivity contribution in [2.45, 2.75) is 20.8 Å². The van der Waals surface area contributed by atoms with Gasteiger partial charge in [0.05, 0.1) is 16.2 Å². The zero-order valence-electron chi connectivity index (χ0n) is 13.2. The van der Waals surface area contributed by atoms with Crippen LogP contribution in [0.25, 0.3) is 0 Å². The maximum absolute atomic E-state index is 12.6. The van der Waals surface area contributed by atoms with Gasteiger partial charge in [0.15, 0.2) is 5.13 Å². The second kappa shape index (κ2) is 7.19. The van der Waals surface area contributed by atoms with Crippen LogP contribution in [0, 0.1) is 17.0 Å². The van der Waals surface area contributed by atoms with Gasteiger partial charge in [-0.15, -0.1) is 11.3 Å². The molecule has 0 spiro atoms. The predicted molar refractivity (Wildman–Crippen MR) is 91.5 cm³/mol. The third-order valence-corrected chi connectivity index (χ3v) is 4.21. The van der Waals surface area contributed by atoms with E-state index in [4.69, 9.17) is 0 Å². The molecular formula is C15H18N4O3S. The number of anilines is 2. The number of nitro groups is 1. The summed E-state index contributed by atoms with van der Waals surface area (Å²) in [6.07, 6.45) is 1.67. The molecule has 1 aromatic heterocycles. The fourth-order valence-corrected chi connectivity index (χ4v) is 2.90. The molecule has 8 heteroatoms. The summed E-state index contributed by atoms with van der Waals surface area (Å²) < 4.78 is 0. The van der Waals surface area contributed by atoms with Crippen LogP contribution < -0.4 is 10.2 Å². The lowest BCUT2D eigenvalue weighted by Crippen LogP contribution is -2.25. The average molecular weight is 334 g/mol. The largest absolute Gasteiger partial charge is 0.371 e. The number of thiazole rings is 1. The van der Waals surface area contributed by atoms with Crippen LogP contribution in [-0.4, -0.2) is 28.9 Å². The molecule has 23 heavy (non-hydrogen) atoms. The van der Waals surface area contributed by atoms with Crippen LogP contribution >= 0.6 is 11.3 Å². The highest BCUT2D eigenvalue weighted by Crippen LogP contribution is 2.27. The third-order valence-electron chi connectivity index (χ3n) is 3.38. The quantitative estimate of drug-likeness (QED) is 0.645. The summed E-state index contributed by atoms with van der Waals surface area (Å²) in [7, 11) is 0. The number of amides is 1. The number of benzene rings is 1. The summed E-state index contributed by atoms with van der Waals surface area (Å²) in [4.78, 5) is 30.1. The Labute approximate surface area is 138 Å².